The van der Waals surface area contributed by atoms with Gasteiger partial charge in [-0.2, -0.15) is 0 Å². The standard InChI is InChI=1S/C38H60N4O8/c1-4-47-24-25-48-23-8-5-10-32(44)40-19-9-21-41(20-7-6-18-39)36(45)49-31-14-11-27(2)33-34(31)50-35-30(43)15-16-38(46)28(3)42(26-29-12-13-29)22-17-37(33,35)38/h11,14,28-29,35,46H,4-10,12-13,15-26,39H2,1-3H3,(H,40,44)/t28-,35+,37+,38-/m1/s1. The van der Waals surface area contributed by atoms with Gasteiger partial charge in [-0.3, -0.25) is 14.5 Å². The molecule has 4 atom stereocenters. The normalized spacial score (nSPS) is 25.7. The molecule has 4 aliphatic rings. The van der Waals surface area contributed by atoms with E-state index in [-0.39, 0.29) is 29.9 Å². The molecule has 12 heteroatoms. The molecule has 280 valence electrons. The molecule has 2 amide bonds. The number of nitrogens with zero attached hydrogens (tertiary/aromatic N) is 2. The Morgan fingerprint density at radius 3 is 2.62 bits per heavy atom. The number of aryl methyl sites for hydroxylation is 1. The molecule has 2 aliphatic heterocycles. The number of fused-ring (bicyclic) bond motifs is 1. The molecule has 50 heavy (non-hydrogen) atoms. The van der Waals surface area contributed by atoms with E-state index in [0.717, 1.165) is 49.9 Å². The highest BCUT2D eigenvalue weighted by Crippen LogP contribution is 2.62. The van der Waals surface area contributed by atoms with Gasteiger partial charge in [0.1, 0.15) is 0 Å². The Kier molecular flexibility index (Phi) is 13.6. The molecule has 1 aromatic carbocycles. The quantitative estimate of drug-likeness (QED) is 0.171. The zero-order chi connectivity index (χ0) is 35.7. The maximum Gasteiger partial charge on any atom is 0.415 e. The Balaban J connectivity index is 1.21. The van der Waals surface area contributed by atoms with Crippen molar-refractivity contribution in [2.45, 2.75) is 115 Å². The Morgan fingerprint density at radius 1 is 1.08 bits per heavy atom. The predicted octanol–water partition coefficient (Wildman–Crippen LogP) is 3.86. The van der Waals surface area contributed by atoms with E-state index < -0.39 is 23.2 Å². The highest BCUT2D eigenvalue weighted by atomic mass is 16.6. The molecule has 0 unspecified atom stereocenters. The molecule has 1 spiro atoms. The fourth-order valence-electron chi connectivity index (χ4n) is 8.31. The predicted molar refractivity (Wildman–Crippen MR) is 190 cm³/mol. The number of piperidine rings is 1. The smallest absolute Gasteiger partial charge is 0.415 e. The first kappa shape index (κ1) is 38.5. The lowest BCUT2D eigenvalue weighted by atomic mass is 9.52. The fourth-order valence-corrected chi connectivity index (χ4v) is 8.31. The van der Waals surface area contributed by atoms with Gasteiger partial charge in [0.05, 0.1) is 24.2 Å². The number of nitrogens with two attached hydrogens (primary N) is 1. The molecule has 0 radical (unpaired) electrons. The molecule has 0 bridgehead atoms. The summed E-state index contributed by atoms with van der Waals surface area (Å²) in [4.78, 5) is 43.7. The summed E-state index contributed by atoms with van der Waals surface area (Å²) in [6.07, 6.45) is 6.37. The van der Waals surface area contributed by atoms with Crippen molar-refractivity contribution < 1.29 is 38.4 Å². The van der Waals surface area contributed by atoms with Crippen LogP contribution in [0.5, 0.6) is 11.5 Å². The third kappa shape index (κ3) is 8.47. The van der Waals surface area contributed by atoms with Crippen molar-refractivity contribution in [3.63, 3.8) is 0 Å². The maximum atomic E-state index is 13.7. The number of ketones is 1. The molecule has 5 rings (SSSR count). The van der Waals surface area contributed by atoms with Crippen molar-refractivity contribution in [2.75, 3.05) is 65.7 Å². The van der Waals surface area contributed by atoms with Gasteiger partial charge in [-0.15, -0.1) is 0 Å². The lowest BCUT2D eigenvalue weighted by Gasteiger charge is -2.59. The topological polar surface area (TPSA) is 153 Å². The maximum absolute atomic E-state index is 13.7. The first-order chi connectivity index (χ1) is 24.2. The molecule has 4 N–H and O–H groups in total. The zero-order valence-corrected chi connectivity index (χ0v) is 30.5. The van der Waals surface area contributed by atoms with E-state index in [1.54, 1.807) is 11.0 Å². The number of benzene rings is 1. The molecule has 2 heterocycles. The second kappa shape index (κ2) is 17.6. The first-order valence-corrected chi connectivity index (χ1v) is 19.0. The molecule has 0 aromatic heterocycles. The van der Waals surface area contributed by atoms with Gasteiger partial charge >= 0.3 is 6.09 Å². The Bertz CT molecular complexity index is 1320. The average molecular weight is 701 g/mol. The first-order valence-electron chi connectivity index (χ1n) is 19.0. The molecule has 1 aromatic rings. The number of hydrogen-bond donors (Lipinski definition) is 3. The molecule has 2 aliphatic carbocycles. The van der Waals surface area contributed by atoms with Gasteiger partial charge < -0.3 is 40.0 Å². The fraction of sp³-hybridized carbons (Fsp3) is 0.763. The number of rotatable bonds is 20. The van der Waals surface area contributed by atoms with E-state index in [1.807, 2.05) is 19.9 Å². The molecule has 1 saturated heterocycles. The minimum atomic E-state index is -1.16. The number of unbranched alkanes of at least 4 members (excludes halogenated alkanes) is 2. The van der Waals surface area contributed by atoms with Crippen LogP contribution in [-0.4, -0.2) is 116 Å². The van der Waals surface area contributed by atoms with E-state index in [1.165, 1.54) is 12.8 Å². The number of Topliss-reactive ketones (excluding diaryl/α,β-unsaturated/α-hetero) is 1. The van der Waals surface area contributed by atoms with Crippen LogP contribution in [-0.2, 0) is 24.5 Å². The highest BCUT2D eigenvalue weighted by Gasteiger charge is 2.70. The van der Waals surface area contributed by atoms with E-state index in [4.69, 9.17) is 24.7 Å². The number of amides is 2. The van der Waals surface area contributed by atoms with Gasteiger partial charge in [-0.25, -0.2) is 4.79 Å². The zero-order valence-electron chi connectivity index (χ0n) is 30.5. The van der Waals surface area contributed by atoms with E-state index in [0.29, 0.717) is 90.0 Å². The van der Waals surface area contributed by atoms with Crippen LogP contribution in [0.1, 0.15) is 95.6 Å². The van der Waals surface area contributed by atoms with E-state index in [2.05, 4.69) is 17.1 Å². The van der Waals surface area contributed by atoms with Crippen LogP contribution >= 0.6 is 0 Å². The average Bonchev–Trinajstić information content (AvgIpc) is 3.85. The van der Waals surface area contributed by atoms with Crippen molar-refractivity contribution in [1.29, 1.82) is 0 Å². The van der Waals surface area contributed by atoms with Gasteiger partial charge in [-0.1, -0.05) is 6.07 Å². The van der Waals surface area contributed by atoms with Crippen LogP contribution in [0.25, 0.3) is 0 Å². The molecule has 3 fully saturated rings. The summed E-state index contributed by atoms with van der Waals surface area (Å²) in [6, 6.07) is 3.50. The minimum absolute atomic E-state index is 0.0123. The summed E-state index contributed by atoms with van der Waals surface area (Å²) in [5.41, 5.74) is 5.40. The van der Waals surface area contributed by atoms with Crippen molar-refractivity contribution in [3.8, 4) is 11.5 Å². The summed E-state index contributed by atoms with van der Waals surface area (Å²) in [5, 5.41) is 15.6. The third-order valence-corrected chi connectivity index (χ3v) is 11.3. The summed E-state index contributed by atoms with van der Waals surface area (Å²) in [5.74, 6) is 1.32. The van der Waals surface area contributed by atoms with E-state index in [9.17, 15) is 19.5 Å². The molecule has 2 saturated carbocycles. The number of carbonyl (C=O) groups excluding carboxylic acids is 3. The summed E-state index contributed by atoms with van der Waals surface area (Å²) >= 11 is 0. The van der Waals surface area contributed by atoms with Crippen molar-refractivity contribution in [1.82, 2.24) is 15.1 Å². The van der Waals surface area contributed by atoms with Gasteiger partial charge in [0.25, 0.3) is 0 Å². The Morgan fingerprint density at radius 2 is 1.86 bits per heavy atom. The monoisotopic (exact) mass is 700 g/mol. The number of nitrogens with one attached hydrogen (secondary N) is 1. The third-order valence-electron chi connectivity index (χ3n) is 11.3. The van der Waals surface area contributed by atoms with Gasteiger partial charge in [0, 0.05) is 63.8 Å². The Hall–Kier alpha value is -2.77. The number of carbonyl (C=O) groups is 3. The van der Waals surface area contributed by atoms with Crippen molar-refractivity contribution in [3.05, 3.63) is 23.3 Å². The SMILES string of the molecule is CCOCCOCCCCC(=O)NCCCN(CCCCN)C(=O)Oc1ccc(C)c2c1O[C@H]1C(=O)CC[C@@]3(O)[C@@H](C)N(CC4CC4)CC[C@]213. The molecule has 12 nitrogen and oxygen atoms in total. The number of likely N-dealkylation sites (tertiary alicyclic amines) is 1. The van der Waals surface area contributed by atoms with Crippen LogP contribution in [0, 0.1) is 12.8 Å². The van der Waals surface area contributed by atoms with Crippen LogP contribution in [0.2, 0.25) is 0 Å². The summed E-state index contributed by atoms with van der Waals surface area (Å²) in [6.45, 7) is 12.0. The lowest BCUT2D eigenvalue weighted by Crippen LogP contribution is -2.74. The molecular weight excluding hydrogens is 640 g/mol. The van der Waals surface area contributed by atoms with Crippen molar-refractivity contribution >= 4 is 17.8 Å². The number of ether oxygens (including phenoxy) is 4. The Labute approximate surface area is 297 Å². The van der Waals surface area contributed by atoms with Gasteiger partial charge in [0.15, 0.2) is 23.4 Å². The van der Waals surface area contributed by atoms with Gasteiger partial charge in [-0.05, 0) is 109 Å². The van der Waals surface area contributed by atoms with Gasteiger partial charge in [0.2, 0.25) is 5.91 Å². The second-order valence-electron chi connectivity index (χ2n) is 14.6. The van der Waals surface area contributed by atoms with Crippen LogP contribution in [0.3, 0.4) is 0 Å². The lowest BCUT2D eigenvalue weighted by molar-refractivity contribution is -0.181. The number of hydrogen-bond acceptors (Lipinski definition) is 10. The van der Waals surface area contributed by atoms with E-state index >= 15 is 0 Å². The highest BCUT2D eigenvalue weighted by molar-refractivity contribution is 5.90. The largest absolute Gasteiger partial charge is 0.477 e. The second-order valence-corrected chi connectivity index (χ2v) is 14.6. The summed E-state index contributed by atoms with van der Waals surface area (Å²) in [7, 11) is 0. The van der Waals surface area contributed by atoms with Crippen LogP contribution in [0.15, 0.2) is 12.1 Å². The minimum Gasteiger partial charge on any atom is -0.477 e. The molecular formula is C38H60N4O8. The van der Waals surface area contributed by atoms with Crippen LogP contribution in [0.4, 0.5) is 4.79 Å². The van der Waals surface area contributed by atoms with Crippen molar-refractivity contribution in [2.24, 2.45) is 11.7 Å². The summed E-state index contributed by atoms with van der Waals surface area (Å²) < 4.78 is 23.3. The van der Waals surface area contributed by atoms with Crippen LogP contribution < -0.4 is 20.5 Å². The number of aliphatic hydroxyl groups is 1.